The third-order valence-corrected chi connectivity index (χ3v) is 6.63. The van der Waals surface area contributed by atoms with Gasteiger partial charge in [0, 0.05) is 30.6 Å². The molecule has 0 aliphatic heterocycles. The van der Waals surface area contributed by atoms with E-state index in [1.807, 2.05) is 58.9 Å². The average Bonchev–Trinajstić information content (AvgIpc) is 3.50. The molecule has 1 saturated carbocycles. The number of fused-ring (bicyclic) bond motifs is 1. The SMILES string of the molecule is Cc1nc(C2CC2)nc2sc(C(=O)Nc3cccc(CN(C)C(=O)OC(C)(C)C)c3)c(C)c12. The Morgan fingerprint density at radius 1 is 1.21 bits per heavy atom. The number of nitrogens with zero attached hydrogens (tertiary/aromatic N) is 3. The first-order valence-electron chi connectivity index (χ1n) is 11.1. The zero-order chi connectivity index (χ0) is 23.9. The molecule has 174 valence electrons. The van der Waals surface area contributed by atoms with Crippen LogP contribution in [0.4, 0.5) is 10.5 Å². The maximum Gasteiger partial charge on any atom is 0.410 e. The number of hydrogen-bond donors (Lipinski definition) is 1. The van der Waals surface area contributed by atoms with Crippen molar-refractivity contribution < 1.29 is 14.3 Å². The fourth-order valence-corrected chi connectivity index (χ4v) is 4.85. The van der Waals surface area contributed by atoms with Crippen LogP contribution in [0.25, 0.3) is 10.2 Å². The maximum absolute atomic E-state index is 13.1. The zero-order valence-corrected chi connectivity index (χ0v) is 20.8. The van der Waals surface area contributed by atoms with Gasteiger partial charge in [0.25, 0.3) is 5.91 Å². The molecule has 1 aliphatic carbocycles. The van der Waals surface area contributed by atoms with E-state index < -0.39 is 5.60 Å². The Kier molecular flexibility index (Phi) is 6.14. The number of aryl methyl sites for hydroxylation is 2. The molecule has 0 bridgehead atoms. The third kappa shape index (κ3) is 5.33. The highest BCUT2D eigenvalue weighted by Crippen LogP contribution is 2.40. The molecule has 2 heterocycles. The van der Waals surface area contributed by atoms with Crippen LogP contribution in [0.15, 0.2) is 24.3 Å². The summed E-state index contributed by atoms with van der Waals surface area (Å²) in [6.45, 7) is 9.83. The highest BCUT2D eigenvalue weighted by molar-refractivity contribution is 7.20. The van der Waals surface area contributed by atoms with E-state index in [1.165, 1.54) is 16.2 Å². The van der Waals surface area contributed by atoms with E-state index in [0.29, 0.717) is 23.0 Å². The Hall–Kier alpha value is -3.00. The Labute approximate surface area is 198 Å². The number of aromatic nitrogens is 2. The van der Waals surface area contributed by atoms with E-state index in [4.69, 9.17) is 9.72 Å². The summed E-state index contributed by atoms with van der Waals surface area (Å²) in [5, 5.41) is 3.97. The van der Waals surface area contributed by atoms with Gasteiger partial charge >= 0.3 is 6.09 Å². The highest BCUT2D eigenvalue weighted by Gasteiger charge is 2.28. The van der Waals surface area contributed by atoms with Crippen molar-refractivity contribution in [3.63, 3.8) is 0 Å². The van der Waals surface area contributed by atoms with Crippen LogP contribution in [0.3, 0.4) is 0 Å². The Balaban J connectivity index is 1.50. The normalized spacial score (nSPS) is 13.8. The monoisotopic (exact) mass is 466 g/mol. The van der Waals surface area contributed by atoms with Crippen LogP contribution in [0.1, 0.15) is 71.8 Å². The molecule has 0 radical (unpaired) electrons. The van der Waals surface area contributed by atoms with Crippen LogP contribution in [-0.2, 0) is 11.3 Å². The van der Waals surface area contributed by atoms with Crippen molar-refractivity contribution in [2.24, 2.45) is 0 Å². The van der Waals surface area contributed by atoms with E-state index in [9.17, 15) is 9.59 Å². The van der Waals surface area contributed by atoms with Crippen molar-refractivity contribution in [2.45, 2.75) is 65.5 Å². The van der Waals surface area contributed by atoms with E-state index in [2.05, 4.69) is 10.3 Å². The molecule has 0 atom stereocenters. The van der Waals surface area contributed by atoms with Gasteiger partial charge < -0.3 is 15.0 Å². The molecule has 1 fully saturated rings. The molecule has 1 N–H and O–H groups in total. The second kappa shape index (κ2) is 8.74. The predicted octanol–water partition coefficient (Wildman–Crippen LogP) is 5.80. The molecule has 1 aliphatic rings. The number of amides is 2. The van der Waals surface area contributed by atoms with Crippen molar-refractivity contribution >= 4 is 39.2 Å². The Morgan fingerprint density at radius 3 is 2.61 bits per heavy atom. The number of ether oxygens (including phenoxy) is 1. The van der Waals surface area contributed by atoms with Crippen molar-refractivity contribution in [1.82, 2.24) is 14.9 Å². The number of nitrogens with one attached hydrogen (secondary N) is 1. The number of rotatable bonds is 5. The number of anilines is 1. The third-order valence-electron chi connectivity index (χ3n) is 5.45. The first-order chi connectivity index (χ1) is 15.5. The molecule has 2 aromatic heterocycles. The molecule has 2 amide bonds. The van der Waals surface area contributed by atoms with Gasteiger partial charge in [-0.25, -0.2) is 14.8 Å². The van der Waals surface area contributed by atoms with Gasteiger partial charge in [-0.3, -0.25) is 4.79 Å². The van der Waals surface area contributed by atoms with Crippen LogP contribution < -0.4 is 5.32 Å². The average molecular weight is 467 g/mol. The summed E-state index contributed by atoms with van der Waals surface area (Å²) in [6, 6.07) is 7.49. The van der Waals surface area contributed by atoms with Gasteiger partial charge in [0.05, 0.1) is 10.6 Å². The van der Waals surface area contributed by atoms with Crippen molar-refractivity contribution in [1.29, 1.82) is 0 Å². The summed E-state index contributed by atoms with van der Waals surface area (Å²) in [6.07, 6.45) is 1.89. The molecule has 0 unspecified atom stereocenters. The number of thiophene rings is 1. The molecular formula is C25H30N4O3S. The highest BCUT2D eigenvalue weighted by atomic mass is 32.1. The summed E-state index contributed by atoms with van der Waals surface area (Å²) >= 11 is 1.42. The fourth-order valence-electron chi connectivity index (χ4n) is 3.71. The maximum atomic E-state index is 13.1. The quantitative estimate of drug-likeness (QED) is 0.513. The lowest BCUT2D eigenvalue weighted by molar-refractivity contribution is 0.0285. The lowest BCUT2D eigenvalue weighted by atomic mass is 10.1. The predicted molar refractivity (Wildman–Crippen MR) is 131 cm³/mol. The van der Waals surface area contributed by atoms with Crippen LogP contribution in [-0.4, -0.2) is 39.5 Å². The largest absolute Gasteiger partial charge is 0.444 e. The molecular weight excluding hydrogens is 436 g/mol. The standard InChI is InChI=1S/C25H30N4O3S/c1-14-19-15(2)26-21(17-10-11-17)28-23(19)33-20(14)22(30)27-18-9-7-8-16(12-18)13-29(6)24(31)32-25(3,4)5/h7-9,12,17H,10-11,13H2,1-6H3,(H,27,30). The van der Waals surface area contributed by atoms with Gasteiger partial charge in [0.2, 0.25) is 0 Å². The van der Waals surface area contributed by atoms with Crippen molar-refractivity contribution in [3.05, 3.63) is 51.8 Å². The van der Waals surface area contributed by atoms with Gasteiger partial charge in [0.1, 0.15) is 16.3 Å². The molecule has 0 saturated heterocycles. The summed E-state index contributed by atoms with van der Waals surface area (Å²) in [4.78, 5) is 37.8. The first-order valence-corrected chi connectivity index (χ1v) is 12.0. The summed E-state index contributed by atoms with van der Waals surface area (Å²) < 4.78 is 5.41. The zero-order valence-electron chi connectivity index (χ0n) is 20.0. The number of hydrogen-bond acceptors (Lipinski definition) is 6. The van der Waals surface area contributed by atoms with Crippen LogP contribution in [0.2, 0.25) is 0 Å². The second-order valence-electron chi connectivity index (χ2n) is 9.67. The first kappa shape index (κ1) is 23.2. The molecule has 3 aromatic rings. The van der Waals surface area contributed by atoms with Gasteiger partial charge in [-0.15, -0.1) is 11.3 Å². The van der Waals surface area contributed by atoms with Crippen molar-refractivity contribution in [3.8, 4) is 0 Å². The fraction of sp³-hybridized carbons (Fsp3) is 0.440. The lowest BCUT2D eigenvalue weighted by Crippen LogP contribution is -2.33. The summed E-state index contributed by atoms with van der Waals surface area (Å²) in [5.41, 5.74) is 2.86. The van der Waals surface area contributed by atoms with Gasteiger partial charge in [-0.2, -0.15) is 0 Å². The molecule has 7 nitrogen and oxygen atoms in total. The number of carbonyl (C=O) groups excluding carboxylic acids is 2. The smallest absolute Gasteiger partial charge is 0.410 e. The second-order valence-corrected chi connectivity index (χ2v) is 10.7. The minimum Gasteiger partial charge on any atom is -0.444 e. The number of benzene rings is 1. The van der Waals surface area contributed by atoms with E-state index in [-0.39, 0.29) is 12.0 Å². The van der Waals surface area contributed by atoms with Crippen LogP contribution in [0.5, 0.6) is 0 Å². The van der Waals surface area contributed by atoms with Crippen molar-refractivity contribution in [2.75, 3.05) is 12.4 Å². The molecule has 1 aromatic carbocycles. The van der Waals surface area contributed by atoms with Crippen LogP contribution >= 0.6 is 11.3 Å². The molecule has 4 rings (SSSR count). The van der Waals surface area contributed by atoms with Gasteiger partial charge in [-0.05, 0) is 70.7 Å². The van der Waals surface area contributed by atoms with Crippen LogP contribution in [0, 0.1) is 13.8 Å². The van der Waals surface area contributed by atoms with E-state index >= 15 is 0 Å². The molecule has 0 spiro atoms. The van der Waals surface area contributed by atoms with Gasteiger partial charge in [-0.1, -0.05) is 12.1 Å². The van der Waals surface area contributed by atoms with Gasteiger partial charge in [0.15, 0.2) is 0 Å². The van der Waals surface area contributed by atoms with E-state index in [0.717, 1.165) is 45.7 Å². The number of carbonyl (C=O) groups is 2. The topological polar surface area (TPSA) is 84.4 Å². The minimum atomic E-state index is -0.550. The summed E-state index contributed by atoms with van der Waals surface area (Å²) in [7, 11) is 1.69. The molecule has 33 heavy (non-hydrogen) atoms. The molecule has 8 heteroatoms. The Morgan fingerprint density at radius 2 is 1.94 bits per heavy atom. The lowest BCUT2D eigenvalue weighted by Gasteiger charge is -2.24. The summed E-state index contributed by atoms with van der Waals surface area (Å²) in [5.74, 6) is 1.20. The van der Waals surface area contributed by atoms with E-state index in [1.54, 1.807) is 7.05 Å². The Bertz CT molecular complexity index is 1220. The minimum absolute atomic E-state index is 0.166.